The van der Waals surface area contributed by atoms with Gasteiger partial charge >= 0.3 is 30.0 Å². The zero-order valence-corrected chi connectivity index (χ0v) is 15.4. The maximum absolute atomic E-state index is 3.06. The predicted molar refractivity (Wildman–Crippen MR) is 73.7 cm³/mol. The topological polar surface area (TPSA) is 0 Å². The standard InChI is InChI=1S/C13H19S.BrH.Zn/c1-2-3-4-5-9-12-14-13-10-7-6-8-11-13;;/h7-8,10-11H,2-5,9,12H2,1H3;1H;/q-1;;+2/p-1. The van der Waals surface area contributed by atoms with Crippen molar-refractivity contribution >= 4 is 25.4 Å². The number of unbranched alkanes of at least 4 members (excludes halogenated alkanes) is 4. The van der Waals surface area contributed by atoms with Crippen LogP contribution >= 0.6 is 25.4 Å². The van der Waals surface area contributed by atoms with Gasteiger partial charge in [-0.2, -0.15) is 42.1 Å². The van der Waals surface area contributed by atoms with Gasteiger partial charge in [0, 0.05) is 0 Å². The molecular weight excluding hydrogens is 334 g/mol. The molecule has 1 aromatic carbocycles. The molecular formula is C13H19BrSZn. The molecule has 1 aromatic rings. The van der Waals surface area contributed by atoms with E-state index in [1.54, 1.807) is 0 Å². The van der Waals surface area contributed by atoms with E-state index in [9.17, 15) is 0 Å². The van der Waals surface area contributed by atoms with Crippen molar-refractivity contribution in [2.24, 2.45) is 0 Å². The minimum atomic E-state index is 1.19. The van der Waals surface area contributed by atoms with Crippen LogP contribution in [0, 0.1) is 6.07 Å². The summed E-state index contributed by atoms with van der Waals surface area (Å²) in [4.78, 5) is 1.37. The molecule has 0 radical (unpaired) electrons. The molecule has 0 saturated carbocycles. The molecule has 3 heteroatoms. The molecule has 0 aliphatic heterocycles. The molecule has 0 bridgehead atoms. The molecule has 0 spiro atoms. The van der Waals surface area contributed by atoms with E-state index in [2.05, 4.69) is 38.7 Å². The second-order valence-electron chi connectivity index (χ2n) is 3.50. The molecule has 0 aliphatic rings. The Morgan fingerprint density at radius 1 is 1.12 bits per heavy atom. The van der Waals surface area contributed by atoms with Crippen LogP contribution in [-0.4, -0.2) is 5.75 Å². The molecule has 0 saturated heterocycles. The summed E-state index contributed by atoms with van der Waals surface area (Å²) in [6, 6.07) is 11.3. The molecule has 0 aliphatic carbocycles. The second-order valence-corrected chi connectivity index (χ2v) is 4.67. The van der Waals surface area contributed by atoms with E-state index in [0.29, 0.717) is 0 Å². The van der Waals surface area contributed by atoms with Crippen molar-refractivity contribution in [1.29, 1.82) is 0 Å². The summed E-state index contributed by atoms with van der Waals surface area (Å²) in [6.07, 6.45) is 6.87. The van der Waals surface area contributed by atoms with Gasteiger partial charge in [-0.3, -0.25) is 0 Å². The van der Waals surface area contributed by atoms with Crippen LogP contribution in [0.1, 0.15) is 39.0 Å². The van der Waals surface area contributed by atoms with Crippen LogP contribution in [0.2, 0.25) is 0 Å². The van der Waals surface area contributed by atoms with E-state index < -0.39 is 0 Å². The van der Waals surface area contributed by atoms with Gasteiger partial charge in [-0.15, -0.1) is 4.90 Å². The Morgan fingerprint density at radius 2 is 1.75 bits per heavy atom. The van der Waals surface area contributed by atoms with Crippen LogP contribution in [0.25, 0.3) is 0 Å². The third-order valence-electron chi connectivity index (χ3n) is 2.20. The molecule has 0 nitrogen and oxygen atoms in total. The van der Waals surface area contributed by atoms with Gasteiger partial charge in [0.1, 0.15) is 0 Å². The number of hydrogen-bond donors (Lipinski definition) is 0. The van der Waals surface area contributed by atoms with Gasteiger partial charge < -0.3 is 0 Å². The average molecular weight is 353 g/mol. The molecule has 0 heterocycles. The Kier molecular flexibility index (Phi) is 14.3. The summed E-state index contributed by atoms with van der Waals surface area (Å²) in [7, 11) is 0. The summed E-state index contributed by atoms with van der Waals surface area (Å²) in [5, 5.41) is 0. The Hall–Kier alpha value is 0.673. The first-order valence-electron chi connectivity index (χ1n) is 5.79. The Bertz CT molecular complexity index is 229. The van der Waals surface area contributed by atoms with Gasteiger partial charge in [-0.1, -0.05) is 32.6 Å². The first kappa shape index (κ1) is 16.7. The molecule has 0 amide bonds. The fraction of sp³-hybridized carbons (Fsp3) is 0.538. The van der Waals surface area contributed by atoms with Crippen LogP contribution in [0.5, 0.6) is 0 Å². The SMILES string of the molecule is CCCCCCCSc1cc[c-]cc1.[Zn+][Br]. The minimum absolute atomic E-state index is 1.19. The fourth-order valence-electron chi connectivity index (χ4n) is 1.36. The van der Waals surface area contributed by atoms with Crippen molar-refractivity contribution in [2.45, 2.75) is 43.9 Å². The van der Waals surface area contributed by atoms with E-state index in [-0.39, 0.29) is 0 Å². The van der Waals surface area contributed by atoms with Gasteiger partial charge in [0.15, 0.2) is 0 Å². The van der Waals surface area contributed by atoms with Crippen LogP contribution in [0.3, 0.4) is 0 Å². The first-order chi connectivity index (χ1) is 7.93. The third kappa shape index (κ3) is 9.87. The monoisotopic (exact) mass is 350 g/mol. The van der Waals surface area contributed by atoms with Gasteiger partial charge in [0.2, 0.25) is 0 Å². The molecule has 0 fully saturated rings. The summed E-state index contributed by atoms with van der Waals surface area (Å²) in [5.41, 5.74) is 0. The average Bonchev–Trinajstić information content (AvgIpc) is 2.37. The van der Waals surface area contributed by atoms with Crippen molar-refractivity contribution in [3.05, 3.63) is 30.3 Å². The normalized spacial score (nSPS) is 9.50. The molecule has 1 rings (SSSR count). The molecule has 0 aromatic heterocycles. The first-order valence-corrected chi connectivity index (χ1v) is 13.7. The van der Waals surface area contributed by atoms with Gasteiger partial charge in [-0.25, -0.2) is 0 Å². The number of benzene rings is 1. The van der Waals surface area contributed by atoms with Crippen LogP contribution in [0.4, 0.5) is 0 Å². The molecule has 0 unspecified atom stereocenters. The number of halogens is 1. The molecule has 16 heavy (non-hydrogen) atoms. The van der Waals surface area contributed by atoms with Crippen molar-refractivity contribution in [2.75, 3.05) is 5.75 Å². The van der Waals surface area contributed by atoms with Crippen molar-refractivity contribution < 1.29 is 16.3 Å². The number of thioether (sulfide) groups is 1. The summed E-state index contributed by atoms with van der Waals surface area (Å²) < 4.78 is 0. The fourth-order valence-corrected chi connectivity index (χ4v) is 2.28. The third-order valence-corrected chi connectivity index (χ3v) is 3.30. The number of hydrogen-bond acceptors (Lipinski definition) is 1. The van der Waals surface area contributed by atoms with Gasteiger partial charge in [0.05, 0.1) is 0 Å². The molecule has 0 N–H and O–H groups in total. The maximum atomic E-state index is 3.06. The quantitative estimate of drug-likeness (QED) is 0.274. The van der Waals surface area contributed by atoms with Crippen molar-refractivity contribution in [1.82, 2.24) is 0 Å². The Morgan fingerprint density at radius 3 is 2.38 bits per heavy atom. The van der Waals surface area contributed by atoms with Gasteiger partial charge in [-0.05, 0) is 12.2 Å². The van der Waals surface area contributed by atoms with Crippen molar-refractivity contribution in [3.8, 4) is 0 Å². The Labute approximate surface area is 121 Å². The second kappa shape index (κ2) is 13.7. The predicted octanol–water partition coefficient (Wildman–Crippen LogP) is 5.39. The van der Waals surface area contributed by atoms with Crippen molar-refractivity contribution in [3.63, 3.8) is 0 Å². The summed E-state index contributed by atoms with van der Waals surface area (Å²) in [6.45, 7) is 2.26. The number of rotatable bonds is 7. The van der Waals surface area contributed by atoms with Gasteiger partial charge in [0.25, 0.3) is 0 Å². The van der Waals surface area contributed by atoms with E-state index in [0.717, 1.165) is 0 Å². The van der Waals surface area contributed by atoms with Crippen LogP contribution in [0.15, 0.2) is 29.2 Å². The van der Waals surface area contributed by atoms with Crippen LogP contribution < -0.4 is 0 Å². The van der Waals surface area contributed by atoms with E-state index in [4.69, 9.17) is 0 Å². The molecule has 0 atom stereocenters. The van der Waals surface area contributed by atoms with E-state index in [1.165, 1.54) is 59.1 Å². The van der Waals surface area contributed by atoms with E-state index >= 15 is 0 Å². The Balaban J connectivity index is 0.00000106. The van der Waals surface area contributed by atoms with Crippen LogP contribution in [-0.2, 0) is 16.3 Å². The van der Waals surface area contributed by atoms with E-state index in [1.807, 2.05) is 23.9 Å². The summed E-state index contributed by atoms with van der Waals surface area (Å²) >= 11 is 6.21. The molecule has 86 valence electrons. The zero-order chi connectivity index (χ0) is 12.1. The zero-order valence-electron chi connectivity index (χ0n) is 10.0. The summed E-state index contributed by atoms with van der Waals surface area (Å²) in [5.74, 6) is 1.26.